The maximum Gasteiger partial charge on any atom is 0.330 e. The van der Waals surface area contributed by atoms with Crippen LogP contribution in [0.25, 0.3) is 0 Å². The van der Waals surface area contributed by atoms with Crippen molar-refractivity contribution in [2.75, 3.05) is 47.5 Å². The van der Waals surface area contributed by atoms with Crippen LogP contribution in [-0.2, 0) is 28.1 Å². The molecule has 0 fully saturated rings. The highest BCUT2D eigenvalue weighted by molar-refractivity contribution is 7.40. The average Bonchev–Trinajstić information content (AvgIpc) is 3.06. The lowest BCUT2D eigenvalue weighted by molar-refractivity contribution is -0.870. The van der Waals surface area contributed by atoms with Gasteiger partial charge in [-0.05, 0) is 12.8 Å². The number of carbonyl (C=O) groups is 2. The van der Waals surface area contributed by atoms with Crippen LogP contribution < -0.4 is 0 Å². The number of nitrogens with zero attached hydrogens (tertiary/aromatic N) is 1. The van der Waals surface area contributed by atoms with E-state index in [2.05, 4.69) is 13.8 Å². The van der Waals surface area contributed by atoms with Crippen LogP contribution in [-0.4, -0.2) is 80.4 Å². The molecule has 0 aromatic carbocycles. The molecule has 0 spiro atoms. The summed E-state index contributed by atoms with van der Waals surface area (Å²) in [6.45, 7) is 5.43. The fourth-order valence-corrected chi connectivity index (χ4v) is 6.38. The summed E-state index contributed by atoms with van der Waals surface area (Å²) in [7, 11) is 4.02. The maximum atomic E-state index is 12.6. The second-order valence-corrected chi connectivity index (χ2v) is 16.2. The molecule has 0 bridgehead atoms. The molecule has 10 heteroatoms. The van der Waals surface area contributed by atoms with Crippen molar-refractivity contribution in [3.05, 3.63) is 0 Å². The van der Waals surface area contributed by atoms with E-state index >= 15 is 0 Å². The Kier molecular flexibility index (Phi) is 38.9. The van der Waals surface area contributed by atoms with Crippen LogP contribution in [0.5, 0.6) is 0 Å². The van der Waals surface area contributed by atoms with E-state index in [0.717, 1.165) is 45.1 Å². The number of carbonyl (C=O) groups excluding carboxylic acids is 2. The fourth-order valence-electron chi connectivity index (χ4n) is 5.77. The first kappa shape index (κ1) is 51.3. The molecule has 0 saturated carbocycles. The molecule has 0 aromatic rings. The van der Waals surface area contributed by atoms with E-state index in [1.165, 1.54) is 128 Å². The zero-order valence-electron chi connectivity index (χ0n) is 33.4. The van der Waals surface area contributed by atoms with Crippen LogP contribution >= 0.6 is 8.60 Å². The molecule has 0 aromatic heterocycles. The van der Waals surface area contributed by atoms with Gasteiger partial charge in [0.25, 0.3) is 0 Å². The molecule has 9 nitrogen and oxygen atoms in total. The van der Waals surface area contributed by atoms with E-state index in [-0.39, 0.29) is 30.6 Å². The van der Waals surface area contributed by atoms with Gasteiger partial charge in [-0.25, -0.2) is 0 Å². The Morgan fingerprint density at radius 3 is 1.28 bits per heavy atom. The molecule has 0 saturated heterocycles. The van der Waals surface area contributed by atoms with Crippen molar-refractivity contribution < 1.29 is 43.0 Å². The summed E-state index contributed by atoms with van der Waals surface area (Å²) < 4.78 is 22.7. The van der Waals surface area contributed by atoms with Crippen molar-refractivity contribution in [2.45, 2.75) is 200 Å². The lowest BCUT2D eigenvalue weighted by Crippen LogP contribution is -2.37. The van der Waals surface area contributed by atoms with Crippen molar-refractivity contribution in [3.8, 4) is 0 Å². The Bertz CT molecular complexity index is 737. The molecule has 0 radical (unpaired) electrons. The Hall–Kier alpha value is -0.830. The summed E-state index contributed by atoms with van der Waals surface area (Å²) >= 11 is 0. The molecule has 0 aliphatic heterocycles. The van der Waals surface area contributed by atoms with Gasteiger partial charge < -0.3 is 33.4 Å². The Labute approximate surface area is 310 Å². The number of likely N-dealkylation sites (N-methyl/N-ethyl adjacent to an activating group) is 1. The van der Waals surface area contributed by atoms with E-state index in [0.29, 0.717) is 23.9 Å². The molecular formula is C40H82NO8P. The molecule has 2 atom stereocenters. The first-order chi connectivity index (χ1) is 23.7. The van der Waals surface area contributed by atoms with Crippen molar-refractivity contribution >= 4 is 20.5 Å². The number of esters is 2. The summed E-state index contributed by atoms with van der Waals surface area (Å²) in [5.41, 5.74) is 0. The lowest BCUT2D eigenvalue weighted by Gasteiger charge is -2.24. The van der Waals surface area contributed by atoms with E-state index < -0.39 is 14.7 Å². The second-order valence-electron chi connectivity index (χ2n) is 15.2. The highest BCUT2D eigenvalue weighted by Crippen LogP contribution is 2.33. The van der Waals surface area contributed by atoms with Crippen molar-refractivity contribution in [1.82, 2.24) is 0 Å². The number of ether oxygens (including phenoxy) is 2. The van der Waals surface area contributed by atoms with Crippen LogP contribution in [0.4, 0.5) is 0 Å². The Morgan fingerprint density at radius 1 is 0.540 bits per heavy atom. The largest absolute Gasteiger partial charge is 0.870 e. The van der Waals surface area contributed by atoms with Crippen LogP contribution in [0.1, 0.15) is 194 Å². The van der Waals surface area contributed by atoms with E-state index in [9.17, 15) is 14.5 Å². The van der Waals surface area contributed by atoms with Gasteiger partial charge in [-0.3, -0.25) is 9.59 Å². The van der Waals surface area contributed by atoms with Gasteiger partial charge in [0.05, 0.1) is 27.7 Å². The minimum atomic E-state index is -2.11. The van der Waals surface area contributed by atoms with Crippen LogP contribution in [0.3, 0.4) is 0 Å². The third-order valence-corrected chi connectivity index (χ3v) is 9.81. The van der Waals surface area contributed by atoms with Crippen LogP contribution in [0.2, 0.25) is 0 Å². The third kappa shape index (κ3) is 39.9. The number of quaternary nitrogens is 1. The first-order valence-electron chi connectivity index (χ1n) is 20.6. The normalized spacial score (nSPS) is 12.8. The molecule has 2 N–H and O–H groups in total. The highest BCUT2D eigenvalue weighted by atomic mass is 31.2. The van der Waals surface area contributed by atoms with Gasteiger partial charge in [-0.1, -0.05) is 168 Å². The van der Waals surface area contributed by atoms with Crippen molar-refractivity contribution in [1.29, 1.82) is 0 Å². The van der Waals surface area contributed by atoms with E-state index in [1.807, 2.05) is 21.1 Å². The molecule has 0 heterocycles. The van der Waals surface area contributed by atoms with Gasteiger partial charge in [0.15, 0.2) is 6.10 Å². The van der Waals surface area contributed by atoms with Gasteiger partial charge >= 0.3 is 20.5 Å². The van der Waals surface area contributed by atoms with Gasteiger partial charge in [0.1, 0.15) is 19.8 Å². The Balaban J connectivity index is 0. The number of hydrogen-bond acceptors (Lipinski definition) is 8. The average molecular weight is 736 g/mol. The quantitative estimate of drug-likeness (QED) is 0.0288. The molecule has 0 amide bonds. The molecule has 0 rings (SSSR count). The summed E-state index contributed by atoms with van der Waals surface area (Å²) in [4.78, 5) is 35.3. The summed E-state index contributed by atoms with van der Waals surface area (Å²) in [6, 6.07) is 0. The summed E-state index contributed by atoms with van der Waals surface area (Å²) in [5, 5.41) is 0. The van der Waals surface area contributed by atoms with E-state index in [4.69, 9.17) is 18.5 Å². The maximum absolute atomic E-state index is 12.6. The predicted octanol–water partition coefficient (Wildman–Crippen LogP) is 11.2. The highest BCUT2D eigenvalue weighted by Gasteiger charge is 2.21. The van der Waals surface area contributed by atoms with Gasteiger partial charge in [-0.2, -0.15) is 0 Å². The molecule has 300 valence electrons. The van der Waals surface area contributed by atoms with Gasteiger partial charge in [0, 0.05) is 12.8 Å². The first-order valence-corrected chi connectivity index (χ1v) is 21.7. The van der Waals surface area contributed by atoms with Crippen molar-refractivity contribution in [3.63, 3.8) is 0 Å². The second kappa shape index (κ2) is 37.9. The zero-order chi connectivity index (χ0) is 36.3. The molecular weight excluding hydrogens is 653 g/mol. The zero-order valence-corrected chi connectivity index (χ0v) is 34.3. The number of hydrogen-bond donors (Lipinski definition) is 1. The molecule has 0 aliphatic carbocycles. The molecule has 50 heavy (non-hydrogen) atoms. The van der Waals surface area contributed by atoms with Crippen LogP contribution in [0.15, 0.2) is 0 Å². The lowest BCUT2D eigenvalue weighted by atomic mass is 10.0. The van der Waals surface area contributed by atoms with Gasteiger partial charge in [0.2, 0.25) is 0 Å². The van der Waals surface area contributed by atoms with Crippen LogP contribution in [0, 0.1) is 0 Å². The Morgan fingerprint density at radius 2 is 0.900 bits per heavy atom. The van der Waals surface area contributed by atoms with E-state index in [1.54, 1.807) is 0 Å². The summed E-state index contributed by atoms with van der Waals surface area (Å²) in [6.07, 6.45) is 32.4. The summed E-state index contributed by atoms with van der Waals surface area (Å²) in [5.74, 6) is -0.608. The van der Waals surface area contributed by atoms with Crippen molar-refractivity contribution in [2.24, 2.45) is 0 Å². The predicted molar refractivity (Wildman–Crippen MR) is 207 cm³/mol. The minimum absolute atomic E-state index is 0. The smallest absolute Gasteiger partial charge is 0.330 e. The standard InChI is InChI=1S/C40H81NO7P.H2O/c1-6-8-10-12-14-16-18-20-22-24-26-28-30-32-39(42)45-36-38(37-47-49(44)46-35-34-41(3,4)5)48-40(43)33-31-29-27-25-23-21-19-17-15-13-11-9-7-2;/h38,44H,6-37H2,1-5H3;1H2/q+1;/p-1/t38?,49-;/m1./s1. The number of unbranched alkanes of at least 4 members (excludes halogenated alkanes) is 24. The fraction of sp³-hybridized carbons (Fsp3) is 0.950. The monoisotopic (exact) mass is 736 g/mol. The third-order valence-electron chi connectivity index (χ3n) is 9.03. The molecule has 1 unspecified atom stereocenters. The minimum Gasteiger partial charge on any atom is -0.870 e. The van der Waals surface area contributed by atoms with Gasteiger partial charge in [-0.15, -0.1) is 0 Å². The number of rotatable bonds is 38. The molecule has 0 aliphatic rings. The topological polar surface area (TPSA) is 121 Å². The SMILES string of the molecule is CCCCCCCCCCCCCCCC(=O)OCC(CO[P@](O)OCC[N+](C)(C)C)OC(=O)CCCCCCCCCCCCCCC.[OH-].